The number of hydrogen-bond donors (Lipinski definition) is 2. The summed E-state index contributed by atoms with van der Waals surface area (Å²) in [6.07, 6.45) is 10.2. The first kappa shape index (κ1) is 23.9. The Labute approximate surface area is 214 Å². The average Bonchev–Trinajstić information content (AvgIpc) is 3.57. The van der Waals surface area contributed by atoms with E-state index in [0.717, 1.165) is 68.0 Å². The van der Waals surface area contributed by atoms with Gasteiger partial charge in [0.1, 0.15) is 16.7 Å². The van der Waals surface area contributed by atoms with Crippen LogP contribution in [0.1, 0.15) is 44.1 Å². The number of halogens is 1. The topological polar surface area (TPSA) is 78.9 Å². The molecule has 35 heavy (non-hydrogen) atoms. The van der Waals surface area contributed by atoms with Crippen molar-refractivity contribution < 1.29 is 4.39 Å². The van der Waals surface area contributed by atoms with E-state index in [1.165, 1.54) is 11.8 Å². The van der Waals surface area contributed by atoms with E-state index in [9.17, 15) is 4.39 Å². The van der Waals surface area contributed by atoms with E-state index in [1.54, 1.807) is 30.6 Å². The maximum Gasteiger partial charge on any atom is 0.232 e. The summed E-state index contributed by atoms with van der Waals surface area (Å²) in [5, 5.41) is 8.45. The molecule has 10 heteroatoms. The summed E-state index contributed by atoms with van der Waals surface area (Å²) in [5.41, 5.74) is 1.10. The van der Waals surface area contributed by atoms with E-state index in [0.29, 0.717) is 22.8 Å². The highest BCUT2D eigenvalue weighted by atomic mass is 32.2. The molecule has 3 heterocycles. The van der Waals surface area contributed by atoms with Crippen LogP contribution in [0.5, 0.6) is 0 Å². The van der Waals surface area contributed by atoms with Crippen LogP contribution in [0.25, 0.3) is 0 Å². The molecule has 0 radical (unpaired) electrons. The Morgan fingerprint density at radius 2 is 1.74 bits per heavy atom. The number of nitrogens with one attached hydrogen (secondary N) is 2. The van der Waals surface area contributed by atoms with Gasteiger partial charge in [-0.15, -0.1) is 0 Å². The quantitative estimate of drug-likeness (QED) is 0.261. The van der Waals surface area contributed by atoms with E-state index >= 15 is 0 Å². The van der Waals surface area contributed by atoms with Crippen LogP contribution in [-0.4, -0.2) is 44.7 Å². The van der Waals surface area contributed by atoms with Crippen LogP contribution in [0.15, 0.2) is 59.0 Å². The van der Waals surface area contributed by atoms with Gasteiger partial charge in [0.2, 0.25) is 5.95 Å². The summed E-state index contributed by atoms with van der Waals surface area (Å²) in [6, 6.07) is 10.7. The highest BCUT2D eigenvalue weighted by molar-refractivity contribution is 7.99. The van der Waals surface area contributed by atoms with Crippen molar-refractivity contribution in [3.63, 3.8) is 0 Å². The fourth-order valence-electron chi connectivity index (χ4n) is 4.88. The maximum absolute atomic E-state index is 13.5. The smallest absolute Gasteiger partial charge is 0.232 e. The molecule has 7 nitrogen and oxygen atoms in total. The molecule has 0 spiro atoms. The SMILES string of the molecule is Fc1ccc(C2(CNC(=S)Nc3nc(Sc4ncccn4)cc(N4CCCC4)n3)CCCC2)cc1. The Kier molecular flexibility index (Phi) is 7.38. The predicted octanol–water partition coefficient (Wildman–Crippen LogP) is 4.96. The number of nitrogens with zero attached hydrogens (tertiary/aromatic N) is 5. The minimum absolute atomic E-state index is 0.0522. The predicted molar refractivity (Wildman–Crippen MR) is 140 cm³/mol. The summed E-state index contributed by atoms with van der Waals surface area (Å²) < 4.78 is 13.5. The molecular weight excluding hydrogens is 481 g/mol. The lowest BCUT2D eigenvalue weighted by Gasteiger charge is -2.30. The molecule has 2 aromatic heterocycles. The summed E-state index contributed by atoms with van der Waals surface area (Å²) in [5.74, 6) is 1.11. The molecule has 1 aromatic carbocycles. The third-order valence-corrected chi connectivity index (χ3v) is 7.75. The van der Waals surface area contributed by atoms with Crippen molar-refractivity contribution in [2.24, 2.45) is 0 Å². The van der Waals surface area contributed by atoms with E-state index in [1.807, 2.05) is 18.2 Å². The molecule has 1 saturated carbocycles. The van der Waals surface area contributed by atoms with Gasteiger partial charge in [0.05, 0.1) is 0 Å². The van der Waals surface area contributed by atoms with Crippen molar-refractivity contribution in [1.29, 1.82) is 0 Å². The van der Waals surface area contributed by atoms with Crippen molar-refractivity contribution in [1.82, 2.24) is 25.3 Å². The van der Waals surface area contributed by atoms with Gasteiger partial charge >= 0.3 is 0 Å². The van der Waals surface area contributed by atoms with Crippen LogP contribution in [0.3, 0.4) is 0 Å². The van der Waals surface area contributed by atoms with E-state index < -0.39 is 0 Å². The highest BCUT2D eigenvalue weighted by Gasteiger charge is 2.35. The van der Waals surface area contributed by atoms with E-state index in [4.69, 9.17) is 17.2 Å². The van der Waals surface area contributed by atoms with Gasteiger partial charge in [-0.2, -0.15) is 4.98 Å². The Hall–Kier alpha value is -2.85. The number of anilines is 2. The second-order valence-electron chi connectivity index (χ2n) is 9.02. The normalized spacial score (nSPS) is 16.9. The zero-order chi connectivity index (χ0) is 24.1. The van der Waals surface area contributed by atoms with Crippen LogP contribution < -0.4 is 15.5 Å². The fourth-order valence-corrected chi connectivity index (χ4v) is 5.75. The Morgan fingerprint density at radius 1 is 1.03 bits per heavy atom. The van der Waals surface area contributed by atoms with Gasteiger partial charge in [-0.1, -0.05) is 25.0 Å². The first-order chi connectivity index (χ1) is 17.1. The van der Waals surface area contributed by atoms with Gasteiger partial charge < -0.3 is 15.5 Å². The van der Waals surface area contributed by atoms with Crippen molar-refractivity contribution in [2.75, 3.05) is 29.9 Å². The minimum Gasteiger partial charge on any atom is -0.361 e. The average molecular weight is 510 g/mol. The number of hydrogen-bond acceptors (Lipinski definition) is 7. The number of aromatic nitrogens is 4. The first-order valence-electron chi connectivity index (χ1n) is 12.0. The molecule has 0 unspecified atom stereocenters. The van der Waals surface area contributed by atoms with Gasteiger partial charge in [-0.25, -0.2) is 19.3 Å². The molecule has 0 bridgehead atoms. The Balaban J connectivity index is 1.30. The van der Waals surface area contributed by atoms with Gasteiger partial charge in [-0.3, -0.25) is 0 Å². The molecular formula is C25H28FN7S2. The maximum atomic E-state index is 13.5. The van der Waals surface area contributed by atoms with Gasteiger partial charge in [-0.05, 0) is 73.4 Å². The standard InChI is InChI=1S/C25H28FN7S2/c26-19-8-6-18(7-9-19)25(10-1-2-11-25)17-29-23(34)32-22-30-20(33-14-3-4-15-33)16-21(31-22)35-24-27-12-5-13-28-24/h5-9,12-13,16H,1-4,10-11,14-15,17H2,(H2,29,30,31,32,34). The molecule has 2 aliphatic rings. The number of thiocarbonyl (C=S) groups is 1. The van der Waals surface area contributed by atoms with Gasteiger partial charge in [0, 0.05) is 43.5 Å². The van der Waals surface area contributed by atoms with Crippen molar-refractivity contribution in [3.8, 4) is 0 Å². The van der Waals surface area contributed by atoms with Crippen molar-refractivity contribution in [3.05, 3.63) is 60.2 Å². The van der Waals surface area contributed by atoms with Crippen molar-refractivity contribution >= 4 is 40.9 Å². The van der Waals surface area contributed by atoms with E-state index in [2.05, 4.69) is 30.5 Å². The van der Waals surface area contributed by atoms with Crippen LogP contribution in [0, 0.1) is 5.82 Å². The summed E-state index contributed by atoms with van der Waals surface area (Å²) >= 11 is 7.03. The minimum atomic E-state index is -0.211. The molecule has 0 atom stereocenters. The fraction of sp³-hybridized carbons (Fsp3) is 0.400. The highest BCUT2D eigenvalue weighted by Crippen LogP contribution is 2.40. The summed E-state index contributed by atoms with van der Waals surface area (Å²) in [7, 11) is 0. The zero-order valence-electron chi connectivity index (χ0n) is 19.4. The number of rotatable bonds is 7. The molecule has 2 N–H and O–H groups in total. The largest absolute Gasteiger partial charge is 0.361 e. The third-order valence-electron chi connectivity index (χ3n) is 6.69. The monoisotopic (exact) mass is 509 g/mol. The first-order valence-corrected chi connectivity index (χ1v) is 13.2. The summed E-state index contributed by atoms with van der Waals surface area (Å²) in [4.78, 5) is 20.3. The second kappa shape index (κ2) is 10.8. The Morgan fingerprint density at radius 3 is 2.46 bits per heavy atom. The molecule has 1 saturated heterocycles. The molecule has 1 aliphatic carbocycles. The van der Waals surface area contributed by atoms with Gasteiger partial charge in [0.15, 0.2) is 10.3 Å². The molecule has 0 amide bonds. The van der Waals surface area contributed by atoms with Crippen LogP contribution >= 0.6 is 24.0 Å². The number of benzene rings is 1. The molecule has 182 valence electrons. The van der Waals surface area contributed by atoms with Crippen LogP contribution in [-0.2, 0) is 5.41 Å². The third kappa shape index (κ3) is 5.87. The molecule has 1 aliphatic heterocycles. The lowest BCUT2D eigenvalue weighted by Crippen LogP contribution is -2.41. The Bertz CT molecular complexity index is 1150. The second-order valence-corrected chi connectivity index (χ2v) is 10.4. The summed E-state index contributed by atoms with van der Waals surface area (Å²) in [6.45, 7) is 2.63. The van der Waals surface area contributed by atoms with E-state index in [-0.39, 0.29) is 11.2 Å². The lowest BCUT2D eigenvalue weighted by atomic mass is 9.79. The van der Waals surface area contributed by atoms with Crippen LogP contribution in [0.4, 0.5) is 16.2 Å². The van der Waals surface area contributed by atoms with Gasteiger partial charge in [0.25, 0.3) is 0 Å². The molecule has 2 fully saturated rings. The zero-order valence-corrected chi connectivity index (χ0v) is 21.0. The molecule has 5 rings (SSSR count). The van der Waals surface area contributed by atoms with Crippen molar-refractivity contribution in [2.45, 2.75) is 54.1 Å². The lowest BCUT2D eigenvalue weighted by molar-refractivity contribution is 0.434. The van der Waals surface area contributed by atoms with Crippen LogP contribution in [0.2, 0.25) is 0 Å². The molecule has 3 aromatic rings.